The van der Waals surface area contributed by atoms with Gasteiger partial charge in [-0.3, -0.25) is 9.59 Å². The van der Waals surface area contributed by atoms with Gasteiger partial charge in [0, 0.05) is 11.8 Å². The Balaban J connectivity index is 1.25. The van der Waals surface area contributed by atoms with Gasteiger partial charge < -0.3 is 38.5 Å². The van der Waals surface area contributed by atoms with Crippen LogP contribution in [0.3, 0.4) is 0 Å². The number of aromatic nitrogens is 3. The molecule has 7 rings (SSSR count). The van der Waals surface area contributed by atoms with E-state index in [0.29, 0.717) is 46.1 Å². The average molecular weight is 663 g/mol. The number of benzene rings is 3. The van der Waals surface area contributed by atoms with E-state index in [0.717, 1.165) is 22.3 Å². The standard InChI is InChI=1S/C33H31ClN4O9/c1-41-23-6-5-16(7-21(23)34)12-38-13-22(36-37-38)32(39)35-30-19-11-25-24(46-15-47-25)10-18(19)28(29-20(30)14-45-33(29)40)17-8-26(42-2)31(44-4)27(9-17)43-3/h5-11,13,20,28-30H,12,14-15H2,1-4H3,(H,35,39)/t20-,28+,29-,30+/m0/s1. The topological polar surface area (TPSA) is 141 Å². The molecule has 1 aromatic heterocycles. The molecule has 1 N–H and O–H groups in total. The van der Waals surface area contributed by atoms with Crippen LogP contribution in [0.4, 0.5) is 0 Å². The van der Waals surface area contributed by atoms with Crippen LogP contribution in [-0.2, 0) is 16.1 Å². The second kappa shape index (κ2) is 12.2. The van der Waals surface area contributed by atoms with Crippen LogP contribution in [0.25, 0.3) is 0 Å². The Morgan fingerprint density at radius 1 is 0.936 bits per heavy atom. The first-order valence-electron chi connectivity index (χ1n) is 14.8. The molecule has 3 aliphatic rings. The maximum absolute atomic E-state index is 13.7. The Bertz CT molecular complexity index is 1850. The number of hydrogen-bond donors (Lipinski definition) is 1. The van der Waals surface area contributed by atoms with Crippen molar-refractivity contribution < 1.29 is 42.7 Å². The van der Waals surface area contributed by atoms with Crippen molar-refractivity contribution in [3.63, 3.8) is 0 Å². The Hall–Kier alpha value is -5.17. The highest BCUT2D eigenvalue weighted by Gasteiger charge is 2.53. The van der Waals surface area contributed by atoms with Gasteiger partial charge in [0.2, 0.25) is 12.5 Å². The minimum Gasteiger partial charge on any atom is -0.495 e. The third-order valence-electron chi connectivity index (χ3n) is 8.85. The molecule has 13 nitrogen and oxygen atoms in total. The summed E-state index contributed by atoms with van der Waals surface area (Å²) < 4.78 is 40.7. The number of rotatable bonds is 9. The van der Waals surface area contributed by atoms with Gasteiger partial charge in [-0.05, 0) is 58.7 Å². The molecule has 1 amide bonds. The van der Waals surface area contributed by atoms with E-state index in [4.69, 9.17) is 44.8 Å². The number of methoxy groups -OCH3 is 4. The second-order valence-electron chi connectivity index (χ2n) is 11.3. The highest BCUT2D eigenvalue weighted by Crippen LogP contribution is 2.55. The molecular weight excluding hydrogens is 632 g/mol. The summed E-state index contributed by atoms with van der Waals surface area (Å²) in [5, 5.41) is 11.9. The van der Waals surface area contributed by atoms with Crippen LogP contribution in [0.2, 0.25) is 5.02 Å². The van der Waals surface area contributed by atoms with Gasteiger partial charge in [-0.2, -0.15) is 0 Å². The Morgan fingerprint density at radius 2 is 1.64 bits per heavy atom. The molecule has 3 heterocycles. The number of nitrogens with one attached hydrogen (secondary N) is 1. The molecule has 4 aromatic rings. The van der Waals surface area contributed by atoms with E-state index >= 15 is 0 Å². The summed E-state index contributed by atoms with van der Waals surface area (Å²) in [6.45, 7) is 0.499. The summed E-state index contributed by atoms with van der Waals surface area (Å²) in [5.41, 5.74) is 3.25. The molecule has 244 valence electrons. The fourth-order valence-electron chi connectivity index (χ4n) is 6.72. The minimum absolute atomic E-state index is 0.0571. The first kappa shape index (κ1) is 30.5. The van der Waals surface area contributed by atoms with Gasteiger partial charge in [-0.1, -0.05) is 22.9 Å². The van der Waals surface area contributed by atoms with Crippen molar-refractivity contribution >= 4 is 23.5 Å². The molecule has 4 atom stereocenters. The predicted octanol–water partition coefficient (Wildman–Crippen LogP) is 4.15. The second-order valence-corrected chi connectivity index (χ2v) is 11.7. The summed E-state index contributed by atoms with van der Waals surface area (Å²) in [6, 6.07) is 12.2. The zero-order valence-corrected chi connectivity index (χ0v) is 26.7. The van der Waals surface area contributed by atoms with E-state index in [1.165, 1.54) is 21.3 Å². The van der Waals surface area contributed by atoms with Crippen LogP contribution >= 0.6 is 11.6 Å². The maximum atomic E-state index is 13.7. The molecular formula is C33H31ClN4O9. The third-order valence-corrected chi connectivity index (χ3v) is 9.15. The summed E-state index contributed by atoms with van der Waals surface area (Å²) in [6.07, 6.45) is 1.56. The number of carbonyl (C=O) groups is 2. The number of cyclic esters (lactones) is 1. The van der Waals surface area contributed by atoms with Crippen LogP contribution in [-0.4, -0.2) is 68.7 Å². The molecule has 1 saturated heterocycles. The lowest BCUT2D eigenvalue weighted by Gasteiger charge is -2.39. The molecule has 0 saturated carbocycles. The zero-order chi connectivity index (χ0) is 32.8. The Morgan fingerprint density at radius 3 is 2.30 bits per heavy atom. The number of carbonyl (C=O) groups excluding carboxylic acids is 2. The molecule has 0 radical (unpaired) electrons. The predicted molar refractivity (Wildman–Crippen MR) is 166 cm³/mol. The van der Waals surface area contributed by atoms with Crippen molar-refractivity contribution in [3.8, 4) is 34.5 Å². The van der Waals surface area contributed by atoms with E-state index in [2.05, 4.69) is 15.6 Å². The lowest BCUT2D eigenvalue weighted by Crippen LogP contribution is -2.43. The van der Waals surface area contributed by atoms with Crippen molar-refractivity contribution in [2.45, 2.75) is 18.5 Å². The normalized spacial score (nSPS) is 20.6. The van der Waals surface area contributed by atoms with Gasteiger partial charge >= 0.3 is 5.97 Å². The number of fused-ring (bicyclic) bond motifs is 3. The number of ether oxygens (including phenoxy) is 7. The van der Waals surface area contributed by atoms with E-state index < -0.39 is 29.7 Å². The van der Waals surface area contributed by atoms with E-state index in [-0.39, 0.29) is 25.1 Å². The molecule has 0 unspecified atom stereocenters. The first-order chi connectivity index (χ1) is 22.8. The van der Waals surface area contributed by atoms with E-state index in [9.17, 15) is 9.59 Å². The van der Waals surface area contributed by atoms with Crippen LogP contribution in [0, 0.1) is 11.8 Å². The number of halogens is 1. The van der Waals surface area contributed by atoms with Crippen molar-refractivity contribution in [1.29, 1.82) is 0 Å². The molecule has 1 fully saturated rings. The van der Waals surface area contributed by atoms with E-state index in [1.807, 2.05) is 30.3 Å². The molecule has 14 heteroatoms. The van der Waals surface area contributed by atoms with Gasteiger partial charge in [0.25, 0.3) is 5.91 Å². The Kier molecular flexibility index (Phi) is 7.92. The number of esters is 1. The first-order valence-corrected chi connectivity index (χ1v) is 15.1. The van der Waals surface area contributed by atoms with Crippen molar-refractivity contribution in [2.75, 3.05) is 41.8 Å². The molecule has 0 spiro atoms. The summed E-state index contributed by atoms with van der Waals surface area (Å²) in [4.78, 5) is 27.2. The lowest BCUT2D eigenvalue weighted by molar-refractivity contribution is -0.141. The van der Waals surface area contributed by atoms with Gasteiger partial charge in [0.05, 0.1) is 64.8 Å². The van der Waals surface area contributed by atoms with Crippen LogP contribution in [0.15, 0.2) is 48.7 Å². The van der Waals surface area contributed by atoms with E-state index in [1.54, 1.807) is 30.1 Å². The summed E-state index contributed by atoms with van der Waals surface area (Å²) in [5.74, 6) is 0.582. The quantitative estimate of drug-likeness (QED) is 0.258. The van der Waals surface area contributed by atoms with Gasteiger partial charge in [0.1, 0.15) is 5.75 Å². The maximum Gasteiger partial charge on any atom is 0.310 e. The van der Waals surface area contributed by atoms with Crippen molar-refractivity contribution in [3.05, 3.63) is 81.6 Å². The van der Waals surface area contributed by atoms with Crippen molar-refractivity contribution in [2.24, 2.45) is 11.8 Å². The fourth-order valence-corrected chi connectivity index (χ4v) is 7.00. The van der Waals surface area contributed by atoms with Crippen LogP contribution in [0.5, 0.6) is 34.5 Å². The minimum atomic E-state index is -0.647. The molecule has 2 aliphatic heterocycles. The Labute approximate surface area is 274 Å². The number of hydrogen-bond acceptors (Lipinski definition) is 11. The van der Waals surface area contributed by atoms with Gasteiger partial charge in [-0.25, -0.2) is 4.68 Å². The largest absolute Gasteiger partial charge is 0.495 e. The summed E-state index contributed by atoms with van der Waals surface area (Å²) >= 11 is 6.28. The van der Waals surface area contributed by atoms with Gasteiger partial charge in [-0.15, -0.1) is 5.10 Å². The highest BCUT2D eigenvalue weighted by atomic mass is 35.5. The average Bonchev–Trinajstić information content (AvgIpc) is 3.83. The third kappa shape index (κ3) is 5.29. The molecule has 47 heavy (non-hydrogen) atoms. The fraction of sp³-hybridized carbons (Fsp3) is 0.333. The number of amides is 1. The monoisotopic (exact) mass is 662 g/mol. The van der Waals surface area contributed by atoms with Crippen LogP contribution in [0.1, 0.15) is 44.7 Å². The zero-order valence-electron chi connectivity index (χ0n) is 25.9. The molecule has 0 bridgehead atoms. The molecule has 3 aromatic carbocycles. The lowest BCUT2D eigenvalue weighted by atomic mass is 9.65. The summed E-state index contributed by atoms with van der Waals surface area (Å²) in [7, 11) is 6.15. The SMILES string of the molecule is COc1ccc(Cn2cc(C(=O)N[C@@H]3c4cc5c(cc4[C@@H](c4cc(OC)c(OC)c(OC)c4)[C@H]4C(=O)OC[C@@H]43)OCO5)nn2)cc1Cl. The van der Waals surface area contributed by atoms with Crippen LogP contribution < -0.4 is 33.7 Å². The highest BCUT2D eigenvalue weighted by molar-refractivity contribution is 6.32. The molecule has 1 aliphatic carbocycles. The number of nitrogens with zero attached hydrogens (tertiary/aromatic N) is 3. The van der Waals surface area contributed by atoms with Crippen molar-refractivity contribution in [1.82, 2.24) is 20.3 Å². The van der Waals surface area contributed by atoms with Gasteiger partial charge in [0.15, 0.2) is 28.7 Å². The smallest absolute Gasteiger partial charge is 0.310 e.